The van der Waals surface area contributed by atoms with Crippen LogP contribution in [0.25, 0.3) is 0 Å². The van der Waals surface area contributed by atoms with E-state index in [-0.39, 0.29) is 12.4 Å². The zero-order valence-electron chi connectivity index (χ0n) is 14.9. The summed E-state index contributed by atoms with van der Waals surface area (Å²) < 4.78 is 17.2. The first-order valence-electron chi connectivity index (χ1n) is 9.36. The van der Waals surface area contributed by atoms with Gasteiger partial charge in [-0.1, -0.05) is 37.3 Å². The standard InChI is InChI=1S/C20H32O4/c1-2-19(24-16-17-10-4-3-5-11-17)18(21)12-6-8-14-22-20-13-7-9-15-23-20/h3-5,10-11,18-21H,2,6-9,12-16H2,1H3/t18-,19+,20?/m0/s1. The van der Waals surface area contributed by atoms with Crippen molar-refractivity contribution in [2.45, 2.75) is 77.0 Å². The molecule has 1 aliphatic heterocycles. The lowest BCUT2D eigenvalue weighted by Crippen LogP contribution is -2.28. The Morgan fingerprint density at radius 2 is 2.04 bits per heavy atom. The summed E-state index contributed by atoms with van der Waals surface area (Å²) in [5.41, 5.74) is 1.14. The van der Waals surface area contributed by atoms with Crippen LogP contribution < -0.4 is 0 Å². The van der Waals surface area contributed by atoms with E-state index in [1.807, 2.05) is 30.3 Å². The van der Waals surface area contributed by atoms with Gasteiger partial charge in [-0.15, -0.1) is 0 Å². The summed E-state index contributed by atoms with van der Waals surface area (Å²) in [5, 5.41) is 10.3. The van der Waals surface area contributed by atoms with E-state index in [1.54, 1.807) is 0 Å². The van der Waals surface area contributed by atoms with E-state index in [0.717, 1.165) is 50.7 Å². The van der Waals surface area contributed by atoms with Gasteiger partial charge in [-0.25, -0.2) is 0 Å². The number of hydrogen-bond donors (Lipinski definition) is 1. The predicted molar refractivity (Wildman–Crippen MR) is 94.7 cm³/mol. The highest BCUT2D eigenvalue weighted by Crippen LogP contribution is 2.16. The molecule has 1 unspecified atom stereocenters. The topological polar surface area (TPSA) is 47.9 Å². The molecule has 4 heteroatoms. The predicted octanol–water partition coefficient (Wildman–Crippen LogP) is 4.06. The van der Waals surface area contributed by atoms with E-state index < -0.39 is 6.10 Å². The summed E-state index contributed by atoms with van der Waals surface area (Å²) in [6, 6.07) is 10.1. The van der Waals surface area contributed by atoms with Crippen LogP contribution in [0.5, 0.6) is 0 Å². The van der Waals surface area contributed by atoms with Gasteiger partial charge in [0.05, 0.1) is 18.8 Å². The molecule has 0 aromatic heterocycles. The molecule has 1 fully saturated rings. The first kappa shape index (κ1) is 19.4. The van der Waals surface area contributed by atoms with Gasteiger partial charge in [-0.05, 0) is 50.5 Å². The average molecular weight is 336 g/mol. The summed E-state index contributed by atoms with van der Waals surface area (Å²) >= 11 is 0. The van der Waals surface area contributed by atoms with Crippen molar-refractivity contribution < 1.29 is 19.3 Å². The van der Waals surface area contributed by atoms with Gasteiger partial charge in [0.2, 0.25) is 0 Å². The molecule has 1 saturated heterocycles. The molecule has 24 heavy (non-hydrogen) atoms. The summed E-state index contributed by atoms with van der Waals surface area (Å²) in [6.45, 7) is 4.14. The lowest BCUT2D eigenvalue weighted by molar-refractivity contribution is -0.163. The van der Waals surface area contributed by atoms with Crippen molar-refractivity contribution in [2.24, 2.45) is 0 Å². The largest absolute Gasteiger partial charge is 0.390 e. The highest BCUT2D eigenvalue weighted by atomic mass is 16.7. The van der Waals surface area contributed by atoms with Crippen LogP contribution in [0.1, 0.15) is 57.4 Å². The number of benzene rings is 1. The molecule has 0 radical (unpaired) electrons. The maximum atomic E-state index is 10.3. The van der Waals surface area contributed by atoms with Crippen molar-refractivity contribution in [1.82, 2.24) is 0 Å². The quantitative estimate of drug-likeness (QED) is 0.619. The SMILES string of the molecule is CC[C@@H](OCc1ccccc1)[C@@H](O)CCCCOC1CCCCO1. The van der Waals surface area contributed by atoms with Gasteiger partial charge in [0.1, 0.15) is 0 Å². The second-order valence-electron chi connectivity index (χ2n) is 6.47. The number of aliphatic hydroxyl groups is 1. The molecule has 136 valence electrons. The molecule has 1 aliphatic rings. The Kier molecular flexibility index (Phi) is 9.36. The van der Waals surface area contributed by atoms with Crippen LogP contribution in [0, 0.1) is 0 Å². The maximum Gasteiger partial charge on any atom is 0.157 e. The summed E-state index contributed by atoms with van der Waals surface area (Å²) in [5.74, 6) is 0. The number of rotatable bonds is 11. The molecular formula is C20H32O4. The average Bonchev–Trinajstić information content (AvgIpc) is 2.63. The Hall–Kier alpha value is -0.940. The molecule has 2 rings (SSSR count). The minimum absolute atomic E-state index is 0.0127. The zero-order chi connectivity index (χ0) is 17.0. The third-order valence-corrected chi connectivity index (χ3v) is 4.47. The van der Waals surface area contributed by atoms with Gasteiger partial charge in [0.25, 0.3) is 0 Å². The monoisotopic (exact) mass is 336 g/mol. The molecule has 1 aromatic rings. The third-order valence-electron chi connectivity index (χ3n) is 4.47. The number of ether oxygens (including phenoxy) is 3. The molecule has 1 heterocycles. The second-order valence-corrected chi connectivity index (χ2v) is 6.47. The molecule has 0 bridgehead atoms. The molecule has 0 amide bonds. The van der Waals surface area contributed by atoms with Crippen LogP contribution in [0.3, 0.4) is 0 Å². The van der Waals surface area contributed by atoms with Gasteiger partial charge < -0.3 is 19.3 Å². The van der Waals surface area contributed by atoms with E-state index in [2.05, 4.69) is 6.92 Å². The number of aliphatic hydroxyl groups excluding tert-OH is 1. The molecule has 0 spiro atoms. The Balaban J connectivity index is 1.56. The van der Waals surface area contributed by atoms with Crippen LogP contribution in [0.2, 0.25) is 0 Å². The Morgan fingerprint density at radius 3 is 2.75 bits per heavy atom. The van der Waals surface area contributed by atoms with Crippen molar-refractivity contribution in [1.29, 1.82) is 0 Å². The molecule has 1 aromatic carbocycles. The highest BCUT2D eigenvalue weighted by Gasteiger charge is 2.18. The Labute approximate surface area is 146 Å². The lowest BCUT2D eigenvalue weighted by Gasteiger charge is -2.23. The fourth-order valence-electron chi connectivity index (χ4n) is 2.98. The van der Waals surface area contributed by atoms with Crippen molar-refractivity contribution in [3.63, 3.8) is 0 Å². The fourth-order valence-corrected chi connectivity index (χ4v) is 2.98. The van der Waals surface area contributed by atoms with Crippen LogP contribution in [0.15, 0.2) is 30.3 Å². The van der Waals surface area contributed by atoms with Gasteiger partial charge in [0.15, 0.2) is 6.29 Å². The maximum absolute atomic E-state index is 10.3. The van der Waals surface area contributed by atoms with Gasteiger partial charge >= 0.3 is 0 Å². The molecule has 4 nitrogen and oxygen atoms in total. The van der Waals surface area contributed by atoms with E-state index in [9.17, 15) is 5.11 Å². The van der Waals surface area contributed by atoms with E-state index >= 15 is 0 Å². The molecule has 3 atom stereocenters. The highest BCUT2D eigenvalue weighted by molar-refractivity contribution is 5.13. The number of hydrogen-bond acceptors (Lipinski definition) is 4. The first-order valence-corrected chi connectivity index (χ1v) is 9.36. The van der Waals surface area contributed by atoms with Crippen molar-refractivity contribution in [3.05, 3.63) is 35.9 Å². The third kappa shape index (κ3) is 7.31. The summed E-state index contributed by atoms with van der Waals surface area (Å²) in [7, 11) is 0. The lowest BCUT2D eigenvalue weighted by atomic mass is 10.0. The van der Waals surface area contributed by atoms with E-state index in [0.29, 0.717) is 13.2 Å². The van der Waals surface area contributed by atoms with Crippen molar-refractivity contribution >= 4 is 0 Å². The van der Waals surface area contributed by atoms with Crippen LogP contribution in [-0.4, -0.2) is 36.8 Å². The Bertz CT molecular complexity index is 417. The zero-order valence-corrected chi connectivity index (χ0v) is 14.9. The molecule has 1 N–H and O–H groups in total. The Morgan fingerprint density at radius 1 is 1.21 bits per heavy atom. The molecule has 0 saturated carbocycles. The molecular weight excluding hydrogens is 304 g/mol. The van der Waals surface area contributed by atoms with E-state index in [4.69, 9.17) is 14.2 Å². The van der Waals surface area contributed by atoms with Crippen molar-refractivity contribution in [2.75, 3.05) is 13.2 Å². The van der Waals surface area contributed by atoms with Gasteiger partial charge in [-0.2, -0.15) is 0 Å². The van der Waals surface area contributed by atoms with E-state index in [1.165, 1.54) is 6.42 Å². The fraction of sp³-hybridized carbons (Fsp3) is 0.700. The first-order chi connectivity index (χ1) is 11.8. The van der Waals surface area contributed by atoms with Gasteiger partial charge in [0, 0.05) is 13.2 Å². The normalized spacial score (nSPS) is 20.7. The summed E-state index contributed by atoms with van der Waals surface area (Å²) in [6.07, 6.45) is 6.29. The minimum Gasteiger partial charge on any atom is -0.390 e. The second kappa shape index (κ2) is 11.6. The summed E-state index contributed by atoms with van der Waals surface area (Å²) in [4.78, 5) is 0. The van der Waals surface area contributed by atoms with Crippen LogP contribution in [0.4, 0.5) is 0 Å². The van der Waals surface area contributed by atoms with Crippen LogP contribution in [-0.2, 0) is 20.8 Å². The minimum atomic E-state index is -0.412. The van der Waals surface area contributed by atoms with Gasteiger partial charge in [-0.3, -0.25) is 0 Å². The van der Waals surface area contributed by atoms with Crippen molar-refractivity contribution in [3.8, 4) is 0 Å². The smallest absolute Gasteiger partial charge is 0.157 e. The van der Waals surface area contributed by atoms with Crippen LogP contribution >= 0.6 is 0 Å². The number of unbranched alkanes of at least 4 members (excludes halogenated alkanes) is 1. The molecule has 0 aliphatic carbocycles.